The lowest BCUT2D eigenvalue weighted by molar-refractivity contribution is 0.101. The van der Waals surface area contributed by atoms with E-state index in [0.717, 1.165) is 29.6 Å². The van der Waals surface area contributed by atoms with Crippen LogP contribution < -0.4 is 10.5 Å². The Kier molecular flexibility index (Phi) is 4.51. The lowest BCUT2D eigenvalue weighted by Gasteiger charge is -2.28. The number of ether oxygens (including phenoxy) is 1. The van der Waals surface area contributed by atoms with Crippen LogP contribution in [0.2, 0.25) is 0 Å². The molecule has 3 rings (SSSR count). The van der Waals surface area contributed by atoms with Gasteiger partial charge in [-0.3, -0.25) is 0 Å². The zero-order valence-electron chi connectivity index (χ0n) is 12.9. The molecule has 0 aliphatic heterocycles. The van der Waals surface area contributed by atoms with Crippen molar-refractivity contribution in [2.45, 2.75) is 44.1 Å². The number of hydrogen-bond donors (Lipinski definition) is 2. The second-order valence-electron chi connectivity index (χ2n) is 6.86. The van der Waals surface area contributed by atoms with E-state index in [2.05, 4.69) is 0 Å². The largest absolute Gasteiger partial charge is 0.497 e. The van der Waals surface area contributed by atoms with Gasteiger partial charge in [0.05, 0.1) is 13.2 Å². The average Bonchev–Trinajstić information content (AvgIpc) is 3.11. The van der Waals surface area contributed by atoms with Crippen molar-refractivity contribution < 1.29 is 9.84 Å². The minimum Gasteiger partial charge on any atom is -0.497 e. The Morgan fingerprint density at radius 1 is 1.33 bits per heavy atom. The lowest BCUT2D eigenvalue weighted by atomic mass is 9.80. The zero-order chi connectivity index (χ0) is 14.8. The maximum Gasteiger partial charge on any atom is 0.119 e. The first-order valence-corrected chi connectivity index (χ1v) is 8.23. The Labute approximate surface area is 127 Å². The number of aliphatic hydroxyl groups is 1. The minimum absolute atomic E-state index is 0.0132. The van der Waals surface area contributed by atoms with E-state index >= 15 is 0 Å². The number of methoxy groups -OCH3 is 1. The fourth-order valence-electron chi connectivity index (χ4n) is 4.53. The van der Waals surface area contributed by atoms with Crippen LogP contribution in [0.3, 0.4) is 0 Å². The van der Waals surface area contributed by atoms with Crippen molar-refractivity contribution in [1.82, 2.24) is 0 Å². The molecule has 3 heteroatoms. The molecule has 5 unspecified atom stereocenters. The Morgan fingerprint density at radius 2 is 2.19 bits per heavy atom. The van der Waals surface area contributed by atoms with Crippen LogP contribution in [0.15, 0.2) is 24.3 Å². The van der Waals surface area contributed by atoms with Gasteiger partial charge in [0.25, 0.3) is 0 Å². The summed E-state index contributed by atoms with van der Waals surface area (Å²) in [5.74, 6) is 3.34. The molecule has 116 valence electrons. The van der Waals surface area contributed by atoms with Crippen molar-refractivity contribution in [3.63, 3.8) is 0 Å². The van der Waals surface area contributed by atoms with Crippen molar-refractivity contribution >= 4 is 0 Å². The first-order valence-electron chi connectivity index (χ1n) is 8.23. The van der Waals surface area contributed by atoms with E-state index in [1.165, 1.54) is 25.7 Å². The summed E-state index contributed by atoms with van der Waals surface area (Å²) in [7, 11) is 1.67. The topological polar surface area (TPSA) is 55.5 Å². The highest BCUT2D eigenvalue weighted by molar-refractivity contribution is 5.31. The summed E-state index contributed by atoms with van der Waals surface area (Å²) >= 11 is 0. The molecule has 0 heterocycles. The summed E-state index contributed by atoms with van der Waals surface area (Å²) in [6.45, 7) is 0.481. The third-order valence-corrected chi connectivity index (χ3v) is 5.67. The van der Waals surface area contributed by atoms with Gasteiger partial charge in [-0.1, -0.05) is 18.6 Å². The molecule has 1 aromatic rings. The third-order valence-electron chi connectivity index (χ3n) is 5.67. The summed E-state index contributed by atoms with van der Waals surface area (Å²) in [6.07, 6.45) is 6.05. The van der Waals surface area contributed by atoms with Gasteiger partial charge in [0.15, 0.2) is 0 Å². The van der Waals surface area contributed by atoms with E-state index in [4.69, 9.17) is 10.5 Å². The van der Waals surface area contributed by atoms with Crippen LogP contribution >= 0.6 is 0 Å². The van der Waals surface area contributed by atoms with Crippen molar-refractivity contribution in [2.24, 2.45) is 23.5 Å². The molecule has 2 aliphatic carbocycles. The van der Waals surface area contributed by atoms with E-state index in [1.807, 2.05) is 24.3 Å². The van der Waals surface area contributed by atoms with Crippen molar-refractivity contribution in [3.05, 3.63) is 29.8 Å². The van der Waals surface area contributed by atoms with Gasteiger partial charge in [-0.25, -0.2) is 0 Å². The van der Waals surface area contributed by atoms with E-state index < -0.39 is 0 Å². The van der Waals surface area contributed by atoms with Crippen LogP contribution in [-0.4, -0.2) is 24.9 Å². The summed E-state index contributed by atoms with van der Waals surface area (Å²) in [5, 5.41) is 10.7. The maximum absolute atomic E-state index is 10.7. The molecule has 21 heavy (non-hydrogen) atoms. The second kappa shape index (κ2) is 6.37. The number of rotatable bonds is 6. The van der Waals surface area contributed by atoms with Gasteiger partial charge in [-0.05, 0) is 61.1 Å². The van der Waals surface area contributed by atoms with Gasteiger partial charge in [0, 0.05) is 12.5 Å². The number of fused-ring (bicyclic) bond motifs is 2. The first-order chi connectivity index (χ1) is 10.2. The molecule has 0 saturated heterocycles. The number of benzene rings is 1. The minimum atomic E-state index is -0.341. The predicted molar refractivity (Wildman–Crippen MR) is 84.4 cm³/mol. The molecule has 2 aliphatic rings. The predicted octanol–water partition coefficient (Wildman–Crippen LogP) is 2.92. The molecule has 0 radical (unpaired) electrons. The molecular formula is C18H27NO2. The van der Waals surface area contributed by atoms with Crippen LogP contribution in [-0.2, 0) is 0 Å². The molecular weight excluding hydrogens is 262 g/mol. The van der Waals surface area contributed by atoms with E-state index in [0.29, 0.717) is 12.5 Å². The third kappa shape index (κ3) is 3.09. The fourth-order valence-corrected chi connectivity index (χ4v) is 4.53. The number of nitrogens with two attached hydrogens (primary N) is 1. The molecule has 3 N–H and O–H groups in total. The van der Waals surface area contributed by atoms with E-state index in [9.17, 15) is 5.11 Å². The van der Waals surface area contributed by atoms with Gasteiger partial charge in [-0.2, -0.15) is 0 Å². The van der Waals surface area contributed by atoms with Crippen molar-refractivity contribution in [2.75, 3.05) is 13.7 Å². The fraction of sp³-hybridized carbons (Fsp3) is 0.667. The highest BCUT2D eigenvalue weighted by atomic mass is 16.5. The molecule has 3 nitrogen and oxygen atoms in total. The standard InChI is InChI=1S/C18H27NO2/c1-21-16-4-2-3-14(9-16)17(11-19)18(20)10-15-8-12-5-6-13(15)7-12/h2-4,9,12-13,15,17-18,20H,5-8,10-11,19H2,1H3. The summed E-state index contributed by atoms with van der Waals surface area (Å²) in [6, 6.07) is 7.95. The molecule has 2 bridgehead atoms. The Balaban J connectivity index is 1.67. The van der Waals surface area contributed by atoms with Crippen molar-refractivity contribution in [3.8, 4) is 5.75 Å². The smallest absolute Gasteiger partial charge is 0.119 e. The van der Waals surface area contributed by atoms with Gasteiger partial charge in [0.1, 0.15) is 5.75 Å². The van der Waals surface area contributed by atoms with E-state index in [1.54, 1.807) is 7.11 Å². The van der Waals surface area contributed by atoms with Crippen LogP contribution in [0.25, 0.3) is 0 Å². The zero-order valence-corrected chi connectivity index (χ0v) is 12.9. The van der Waals surface area contributed by atoms with Crippen LogP contribution in [0.4, 0.5) is 0 Å². The Hall–Kier alpha value is -1.06. The Morgan fingerprint density at radius 3 is 2.81 bits per heavy atom. The lowest BCUT2D eigenvalue weighted by Crippen LogP contribution is -2.29. The van der Waals surface area contributed by atoms with Crippen LogP contribution in [0, 0.1) is 17.8 Å². The summed E-state index contributed by atoms with van der Waals surface area (Å²) in [5.41, 5.74) is 7.04. The molecule has 0 spiro atoms. The SMILES string of the molecule is COc1cccc(C(CN)C(O)CC2CC3CCC2C3)c1. The molecule has 0 amide bonds. The number of hydrogen-bond acceptors (Lipinski definition) is 3. The normalized spacial score (nSPS) is 30.3. The van der Waals surface area contributed by atoms with Crippen molar-refractivity contribution in [1.29, 1.82) is 0 Å². The summed E-state index contributed by atoms with van der Waals surface area (Å²) < 4.78 is 5.28. The molecule has 0 aromatic heterocycles. The molecule has 1 aromatic carbocycles. The quantitative estimate of drug-likeness (QED) is 0.846. The highest BCUT2D eigenvalue weighted by Gasteiger charge is 2.40. The first kappa shape index (κ1) is 14.9. The maximum atomic E-state index is 10.7. The molecule has 2 fully saturated rings. The molecule has 2 saturated carbocycles. The molecule has 5 atom stereocenters. The van der Waals surface area contributed by atoms with Gasteiger partial charge < -0.3 is 15.6 Å². The van der Waals surface area contributed by atoms with E-state index in [-0.39, 0.29) is 12.0 Å². The van der Waals surface area contributed by atoms with Crippen LogP contribution in [0.5, 0.6) is 5.75 Å². The van der Waals surface area contributed by atoms with Crippen LogP contribution in [0.1, 0.15) is 43.6 Å². The Bertz CT molecular complexity index is 476. The second-order valence-corrected chi connectivity index (χ2v) is 6.86. The van der Waals surface area contributed by atoms with Gasteiger partial charge in [-0.15, -0.1) is 0 Å². The van der Waals surface area contributed by atoms with Gasteiger partial charge >= 0.3 is 0 Å². The highest BCUT2D eigenvalue weighted by Crippen LogP contribution is 2.50. The van der Waals surface area contributed by atoms with Gasteiger partial charge in [0.2, 0.25) is 0 Å². The monoisotopic (exact) mass is 289 g/mol. The average molecular weight is 289 g/mol. The number of aliphatic hydroxyl groups excluding tert-OH is 1. The summed E-state index contributed by atoms with van der Waals surface area (Å²) in [4.78, 5) is 0.